The van der Waals surface area contributed by atoms with E-state index in [0.717, 1.165) is 6.33 Å². The number of nitrogens with one attached hydrogen (secondary N) is 1. The van der Waals surface area contributed by atoms with E-state index in [9.17, 15) is 19.7 Å². The summed E-state index contributed by atoms with van der Waals surface area (Å²) in [6.45, 7) is 2.78. The van der Waals surface area contributed by atoms with Gasteiger partial charge in [0.25, 0.3) is 0 Å². The second-order valence-corrected chi connectivity index (χ2v) is 4.70. The normalized spacial score (nSPS) is 18.3. The molecule has 0 radical (unpaired) electrons. The molecule has 0 bridgehead atoms. The smallest absolute Gasteiger partial charge is 0.375 e. The lowest BCUT2D eigenvalue weighted by Crippen LogP contribution is -2.40. The van der Waals surface area contributed by atoms with Crippen LogP contribution in [0.25, 0.3) is 0 Å². The largest absolute Gasteiger partial charge is 0.466 e. The molecule has 2 heterocycles. The first-order chi connectivity index (χ1) is 10.0. The third kappa shape index (κ3) is 3.18. The van der Waals surface area contributed by atoms with E-state index in [0.29, 0.717) is 26.0 Å². The second-order valence-electron chi connectivity index (χ2n) is 4.70. The Morgan fingerprint density at radius 2 is 2.43 bits per heavy atom. The third-order valence-electron chi connectivity index (χ3n) is 3.33. The minimum absolute atomic E-state index is 0.00208. The van der Waals surface area contributed by atoms with Gasteiger partial charge >= 0.3 is 17.2 Å². The molecule has 1 aromatic rings. The Morgan fingerprint density at radius 3 is 3.10 bits per heavy atom. The van der Waals surface area contributed by atoms with E-state index >= 15 is 0 Å². The van der Waals surface area contributed by atoms with Crippen molar-refractivity contribution in [1.82, 2.24) is 9.97 Å². The second kappa shape index (κ2) is 6.33. The molecule has 1 atom stereocenters. The summed E-state index contributed by atoms with van der Waals surface area (Å²) in [7, 11) is 0. The Kier molecular flexibility index (Phi) is 4.51. The first-order valence-electron chi connectivity index (χ1n) is 6.68. The number of aromatic amines is 1. The molecule has 1 unspecified atom stereocenters. The number of nitrogens with zero attached hydrogens (tertiary/aromatic N) is 3. The molecule has 1 aromatic heterocycles. The molecular formula is C12H16N4O5. The van der Waals surface area contributed by atoms with Crippen LogP contribution in [0.5, 0.6) is 0 Å². The van der Waals surface area contributed by atoms with Crippen molar-refractivity contribution < 1.29 is 14.5 Å². The van der Waals surface area contributed by atoms with Crippen molar-refractivity contribution in [2.75, 3.05) is 24.6 Å². The van der Waals surface area contributed by atoms with Crippen molar-refractivity contribution in [3.63, 3.8) is 0 Å². The van der Waals surface area contributed by atoms with Gasteiger partial charge in [0, 0.05) is 13.1 Å². The zero-order valence-corrected chi connectivity index (χ0v) is 11.6. The van der Waals surface area contributed by atoms with Crippen LogP contribution in [0.1, 0.15) is 19.8 Å². The van der Waals surface area contributed by atoms with E-state index in [1.807, 2.05) is 0 Å². The van der Waals surface area contributed by atoms with Crippen molar-refractivity contribution in [1.29, 1.82) is 0 Å². The van der Waals surface area contributed by atoms with Crippen molar-refractivity contribution in [2.45, 2.75) is 19.8 Å². The van der Waals surface area contributed by atoms with Gasteiger partial charge in [-0.25, -0.2) is 4.98 Å². The number of esters is 1. The number of anilines is 1. The van der Waals surface area contributed by atoms with Crippen LogP contribution in [-0.2, 0) is 9.53 Å². The summed E-state index contributed by atoms with van der Waals surface area (Å²) in [6, 6.07) is 0. The Labute approximate surface area is 120 Å². The SMILES string of the molecule is CCOC(=O)C1CCCN(c2nc[nH]c(=O)c2[N+](=O)[O-])C1. The van der Waals surface area contributed by atoms with Gasteiger partial charge in [0.2, 0.25) is 5.82 Å². The van der Waals surface area contributed by atoms with E-state index in [-0.39, 0.29) is 24.2 Å². The maximum absolute atomic E-state index is 11.8. The molecule has 9 nitrogen and oxygen atoms in total. The number of ether oxygens (including phenoxy) is 1. The summed E-state index contributed by atoms with van der Waals surface area (Å²) < 4.78 is 4.98. The van der Waals surface area contributed by atoms with Crippen LogP contribution in [0, 0.1) is 16.0 Å². The number of H-pyrrole nitrogens is 1. The number of nitro groups is 1. The number of carbonyl (C=O) groups is 1. The van der Waals surface area contributed by atoms with Crippen molar-refractivity contribution >= 4 is 17.5 Å². The maximum Gasteiger partial charge on any atom is 0.375 e. The summed E-state index contributed by atoms with van der Waals surface area (Å²) in [5.74, 6) is -0.688. The van der Waals surface area contributed by atoms with Gasteiger partial charge in [0.05, 0.1) is 23.8 Å². The van der Waals surface area contributed by atoms with Crippen molar-refractivity contribution in [2.24, 2.45) is 5.92 Å². The van der Waals surface area contributed by atoms with Gasteiger partial charge in [0.1, 0.15) is 0 Å². The Bertz CT molecular complexity index is 600. The number of aromatic nitrogens is 2. The van der Waals surface area contributed by atoms with Crippen LogP contribution >= 0.6 is 0 Å². The molecular weight excluding hydrogens is 280 g/mol. The highest BCUT2D eigenvalue weighted by Gasteiger charge is 2.32. The van der Waals surface area contributed by atoms with E-state index in [4.69, 9.17) is 4.74 Å². The lowest BCUT2D eigenvalue weighted by Gasteiger charge is -2.31. The van der Waals surface area contributed by atoms with Gasteiger partial charge < -0.3 is 14.6 Å². The van der Waals surface area contributed by atoms with E-state index in [2.05, 4.69) is 9.97 Å². The minimum Gasteiger partial charge on any atom is -0.466 e. The van der Waals surface area contributed by atoms with Gasteiger partial charge in [-0.15, -0.1) is 0 Å². The van der Waals surface area contributed by atoms with Gasteiger partial charge in [0.15, 0.2) is 0 Å². The van der Waals surface area contributed by atoms with E-state index in [1.54, 1.807) is 11.8 Å². The fourth-order valence-corrected chi connectivity index (χ4v) is 2.40. The Morgan fingerprint density at radius 1 is 1.67 bits per heavy atom. The molecule has 0 amide bonds. The molecule has 0 aliphatic carbocycles. The number of hydrogen-bond acceptors (Lipinski definition) is 7. The molecule has 1 N–H and O–H groups in total. The van der Waals surface area contributed by atoms with E-state index < -0.39 is 16.2 Å². The number of piperidine rings is 1. The molecule has 1 aliphatic rings. The fourth-order valence-electron chi connectivity index (χ4n) is 2.40. The quantitative estimate of drug-likeness (QED) is 0.487. The summed E-state index contributed by atoms with van der Waals surface area (Å²) >= 11 is 0. The summed E-state index contributed by atoms with van der Waals surface area (Å²) in [6.07, 6.45) is 2.46. The van der Waals surface area contributed by atoms with Crippen LogP contribution < -0.4 is 10.5 Å². The molecule has 21 heavy (non-hydrogen) atoms. The lowest BCUT2D eigenvalue weighted by molar-refractivity contribution is -0.385. The highest BCUT2D eigenvalue weighted by Crippen LogP contribution is 2.26. The first-order valence-corrected chi connectivity index (χ1v) is 6.68. The molecule has 9 heteroatoms. The fraction of sp³-hybridized carbons (Fsp3) is 0.583. The van der Waals surface area contributed by atoms with Crippen LogP contribution in [0.2, 0.25) is 0 Å². The lowest BCUT2D eigenvalue weighted by atomic mass is 9.98. The predicted molar refractivity (Wildman–Crippen MR) is 73.1 cm³/mol. The van der Waals surface area contributed by atoms with Gasteiger partial charge in [-0.2, -0.15) is 0 Å². The number of rotatable bonds is 4. The van der Waals surface area contributed by atoms with Crippen LogP contribution in [-0.4, -0.2) is 40.6 Å². The molecule has 1 saturated heterocycles. The predicted octanol–water partition coefficient (Wildman–Crippen LogP) is 0.458. The zero-order valence-electron chi connectivity index (χ0n) is 11.6. The number of hydrogen-bond donors (Lipinski definition) is 1. The van der Waals surface area contributed by atoms with Gasteiger partial charge in [-0.05, 0) is 19.8 Å². The molecule has 1 aliphatic heterocycles. The first kappa shape index (κ1) is 14.9. The molecule has 114 valence electrons. The average molecular weight is 296 g/mol. The summed E-state index contributed by atoms with van der Waals surface area (Å²) in [5.41, 5.74) is -1.40. The van der Waals surface area contributed by atoms with Crippen LogP contribution in [0.3, 0.4) is 0 Å². The topological polar surface area (TPSA) is 118 Å². The van der Waals surface area contributed by atoms with Crippen LogP contribution in [0.15, 0.2) is 11.1 Å². The molecule has 0 spiro atoms. The van der Waals surface area contributed by atoms with Crippen molar-refractivity contribution in [3.8, 4) is 0 Å². The maximum atomic E-state index is 11.8. The zero-order chi connectivity index (χ0) is 15.4. The Hall–Kier alpha value is -2.45. The summed E-state index contributed by atoms with van der Waals surface area (Å²) in [4.78, 5) is 41.3. The highest BCUT2D eigenvalue weighted by atomic mass is 16.6. The molecule has 1 fully saturated rings. The molecule has 0 saturated carbocycles. The van der Waals surface area contributed by atoms with Gasteiger partial charge in [-0.1, -0.05) is 0 Å². The van der Waals surface area contributed by atoms with E-state index in [1.165, 1.54) is 0 Å². The third-order valence-corrected chi connectivity index (χ3v) is 3.33. The minimum atomic E-state index is -0.803. The standard InChI is InChI=1S/C12H16N4O5/c1-2-21-12(18)8-4-3-5-15(6-8)10-9(16(19)20)11(17)14-7-13-10/h7-8H,2-6H2,1H3,(H,13,14,17). The highest BCUT2D eigenvalue weighted by molar-refractivity contribution is 5.74. The summed E-state index contributed by atoms with van der Waals surface area (Å²) in [5, 5.41) is 11.0. The monoisotopic (exact) mass is 296 g/mol. The number of carbonyl (C=O) groups excluding carboxylic acids is 1. The molecule has 0 aromatic carbocycles. The average Bonchev–Trinajstić information content (AvgIpc) is 2.47. The molecule has 2 rings (SSSR count). The van der Waals surface area contributed by atoms with Crippen molar-refractivity contribution in [3.05, 3.63) is 26.8 Å². The van der Waals surface area contributed by atoms with Crippen LogP contribution in [0.4, 0.5) is 11.5 Å². The Balaban J connectivity index is 2.26. The van der Waals surface area contributed by atoms with Gasteiger partial charge in [-0.3, -0.25) is 19.7 Å².